The molecule has 0 spiro atoms. The van der Waals surface area contributed by atoms with Gasteiger partial charge in [0.15, 0.2) is 0 Å². The van der Waals surface area contributed by atoms with E-state index in [2.05, 4.69) is 208 Å². The predicted molar refractivity (Wildman–Crippen MR) is 243 cm³/mol. The average Bonchev–Trinajstić information content (AvgIpc) is 3.71. The molecule has 0 amide bonds. The van der Waals surface area contributed by atoms with E-state index in [1.54, 1.807) is 0 Å². The van der Waals surface area contributed by atoms with Gasteiger partial charge in [0.2, 0.25) is 0 Å². The largest absolute Gasteiger partial charge is 0.0622 e. The van der Waals surface area contributed by atoms with Gasteiger partial charge in [-0.25, -0.2) is 0 Å². The smallest absolute Gasteiger partial charge is 0.0159 e. The van der Waals surface area contributed by atoms with Gasteiger partial charge in [0.05, 0.1) is 0 Å². The van der Waals surface area contributed by atoms with Crippen molar-refractivity contribution in [3.63, 3.8) is 0 Å². The predicted octanol–water partition coefficient (Wildman–Crippen LogP) is 15.8. The average molecular weight is 723 g/mol. The van der Waals surface area contributed by atoms with Gasteiger partial charge in [-0.3, -0.25) is 0 Å². The summed E-state index contributed by atoms with van der Waals surface area (Å²) in [5.74, 6) is 0. The van der Waals surface area contributed by atoms with Crippen LogP contribution >= 0.6 is 0 Å². The van der Waals surface area contributed by atoms with Gasteiger partial charge in [-0.05, 0) is 146 Å². The normalized spacial score (nSPS) is 13.2. The number of fused-ring (bicyclic) bond motifs is 9. The summed E-state index contributed by atoms with van der Waals surface area (Å²) in [5, 5.41) is 7.82. The van der Waals surface area contributed by atoms with Crippen LogP contribution in [-0.4, -0.2) is 0 Å². The maximum Gasteiger partial charge on any atom is 0.0159 e. The third-order valence-electron chi connectivity index (χ3n) is 13.0. The molecule has 0 aliphatic heterocycles. The van der Waals surface area contributed by atoms with Crippen molar-refractivity contribution in [2.24, 2.45) is 0 Å². The van der Waals surface area contributed by atoms with Crippen molar-refractivity contribution in [1.29, 1.82) is 0 Å². The maximum absolute atomic E-state index is 2.57. The first-order chi connectivity index (χ1) is 28.0. The molecular formula is C57H38. The number of hydrogen-bond donors (Lipinski definition) is 0. The van der Waals surface area contributed by atoms with Gasteiger partial charge < -0.3 is 0 Å². The number of hydrogen-bond acceptors (Lipinski definition) is 0. The minimum Gasteiger partial charge on any atom is -0.0622 e. The molecule has 0 nitrogen and oxygen atoms in total. The summed E-state index contributed by atoms with van der Waals surface area (Å²) in [6.45, 7) is 4.86. The van der Waals surface area contributed by atoms with Crippen LogP contribution in [0.2, 0.25) is 0 Å². The van der Waals surface area contributed by atoms with Crippen LogP contribution in [0.15, 0.2) is 194 Å². The Morgan fingerprint density at radius 1 is 0.281 bits per heavy atom. The van der Waals surface area contributed by atoms with Crippen molar-refractivity contribution in [1.82, 2.24) is 0 Å². The van der Waals surface area contributed by atoms with Gasteiger partial charge in [-0.2, -0.15) is 0 Å². The van der Waals surface area contributed by atoms with Crippen LogP contribution in [0.1, 0.15) is 25.0 Å². The van der Waals surface area contributed by atoms with Gasteiger partial charge in [0, 0.05) is 5.41 Å². The summed E-state index contributed by atoms with van der Waals surface area (Å²) in [5.41, 5.74) is 20.9. The van der Waals surface area contributed by atoms with Crippen LogP contribution in [0.25, 0.3) is 110 Å². The Balaban J connectivity index is 1.07. The summed E-state index contributed by atoms with van der Waals surface area (Å²) in [6.07, 6.45) is 0. The second-order valence-electron chi connectivity index (χ2n) is 16.4. The van der Waals surface area contributed by atoms with E-state index in [1.165, 1.54) is 121 Å². The Bertz CT molecular complexity index is 3280. The molecule has 0 unspecified atom stereocenters. The molecular weight excluding hydrogens is 685 g/mol. The molecule has 0 N–H and O–H groups in total. The molecule has 0 saturated heterocycles. The first-order valence-electron chi connectivity index (χ1n) is 20.1. The van der Waals surface area contributed by atoms with Crippen molar-refractivity contribution >= 4 is 32.3 Å². The molecule has 12 rings (SSSR count). The molecule has 266 valence electrons. The fourth-order valence-electron chi connectivity index (χ4n) is 10.3. The Kier molecular flexibility index (Phi) is 6.78. The van der Waals surface area contributed by atoms with E-state index < -0.39 is 0 Å². The molecule has 10 aromatic rings. The zero-order valence-corrected chi connectivity index (χ0v) is 32.0. The zero-order chi connectivity index (χ0) is 37.8. The lowest BCUT2D eigenvalue weighted by molar-refractivity contribution is 0.661. The zero-order valence-electron chi connectivity index (χ0n) is 32.0. The monoisotopic (exact) mass is 722 g/mol. The second kappa shape index (κ2) is 12.0. The minimum absolute atomic E-state index is 0.197. The van der Waals surface area contributed by atoms with Gasteiger partial charge >= 0.3 is 0 Å². The molecule has 0 radical (unpaired) electrons. The van der Waals surface area contributed by atoms with Gasteiger partial charge in [-0.15, -0.1) is 0 Å². The van der Waals surface area contributed by atoms with Gasteiger partial charge in [-0.1, -0.05) is 184 Å². The van der Waals surface area contributed by atoms with Crippen molar-refractivity contribution in [2.75, 3.05) is 0 Å². The van der Waals surface area contributed by atoms with Crippen molar-refractivity contribution in [2.45, 2.75) is 19.3 Å². The highest BCUT2D eigenvalue weighted by Gasteiger charge is 2.40. The third-order valence-corrected chi connectivity index (χ3v) is 13.0. The van der Waals surface area contributed by atoms with Crippen LogP contribution in [0, 0.1) is 0 Å². The molecule has 57 heavy (non-hydrogen) atoms. The van der Waals surface area contributed by atoms with E-state index >= 15 is 0 Å². The topological polar surface area (TPSA) is 0 Å². The molecule has 2 aliphatic carbocycles. The highest BCUT2D eigenvalue weighted by molar-refractivity contribution is 6.29. The van der Waals surface area contributed by atoms with Gasteiger partial charge in [0.25, 0.3) is 0 Å². The van der Waals surface area contributed by atoms with Gasteiger partial charge in [0.1, 0.15) is 0 Å². The molecule has 0 fully saturated rings. The molecule has 0 aromatic heterocycles. The van der Waals surface area contributed by atoms with E-state index in [9.17, 15) is 0 Å². The Morgan fingerprint density at radius 2 is 0.772 bits per heavy atom. The molecule has 0 bridgehead atoms. The van der Waals surface area contributed by atoms with Crippen LogP contribution in [0.3, 0.4) is 0 Å². The molecule has 0 heterocycles. The third kappa shape index (κ3) is 4.62. The van der Waals surface area contributed by atoms with E-state index in [1.807, 2.05) is 0 Å². The minimum atomic E-state index is -0.197. The summed E-state index contributed by atoms with van der Waals surface area (Å²) in [4.78, 5) is 0. The van der Waals surface area contributed by atoms with Crippen molar-refractivity contribution < 1.29 is 0 Å². The number of rotatable bonds is 4. The van der Waals surface area contributed by atoms with Crippen LogP contribution in [-0.2, 0) is 5.41 Å². The second-order valence-corrected chi connectivity index (χ2v) is 16.4. The molecule has 0 heteroatoms. The first kappa shape index (κ1) is 32.2. The SMILES string of the molecule is CC1(C)c2cc(-c3ccc4cc(-c5ccccc5)ccc4c3)ccc2-c2c1cc1c3c(cccc23)-c2c-1c(-c1ccccc1)c1ccccc1c2-c1ccccc1. The standard InChI is InChI=1S/C57H38/c1-57(2)49-33-42(41-28-27-39-31-38(25-26-40(39)32-41)35-15-6-3-7-16-35)29-30-45(49)54-46-23-14-24-47-53(46)48(34-50(54)57)56-52(37-19-10-5-11-20-37)44-22-13-12-21-43(44)51(55(47)56)36-17-8-4-9-18-36/h3-34H,1-2H3. The van der Waals surface area contributed by atoms with Crippen LogP contribution in [0.4, 0.5) is 0 Å². The molecule has 10 aromatic carbocycles. The quantitative estimate of drug-likeness (QED) is 0.170. The Morgan fingerprint density at radius 3 is 1.39 bits per heavy atom. The van der Waals surface area contributed by atoms with E-state index in [-0.39, 0.29) is 5.41 Å². The lowest BCUT2D eigenvalue weighted by Gasteiger charge is -2.24. The lowest BCUT2D eigenvalue weighted by atomic mass is 9.79. The molecule has 0 atom stereocenters. The fraction of sp³-hybridized carbons (Fsp3) is 0.0526. The first-order valence-corrected chi connectivity index (χ1v) is 20.1. The fourth-order valence-corrected chi connectivity index (χ4v) is 10.3. The highest BCUT2D eigenvalue weighted by atomic mass is 14.4. The highest BCUT2D eigenvalue weighted by Crippen LogP contribution is 2.62. The Hall–Kier alpha value is -7.02. The van der Waals surface area contributed by atoms with Crippen molar-refractivity contribution in [3.8, 4) is 77.9 Å². The van der Waals surface area contributed by atoms with Crippen LogP contribution in [0.5, 0.6) is 0 Å². The number of benzene rings is 10. The Labute approximate surface area is 333 Å². The maximum atomic E-state index is 2.57. The lowest BCUT2D eigenvalue weighted by Crippen LogP contribution is -2.15. The van der Waals surface area contributed by atoms with E-state index in [0.717, 1.165) is 0 Å². The summed E-state index contributed by atoms with van der Waals surface area (Å²) >= 11 is 0. The van der Waals surface area contributed by atoms with E-state index in [4.69, 9.17) is 0 Å². The van der Waals surface area contributed by atoms with Crippen molar-refractivity contribution in [3.05, 3.63) is 205 Å². The van der Waals surface area contributed by atoms with E-state index in [0.29, 0.717) is 0 Å². The summed E-state index contributed by atoms with van der Waals surface area (Å²) < 4.78 is 0. The van der Waals surface area contributed by atoms with Crippen LogP contribution < -0.4 is 0 Å². The molecule has 2 aliphatic rings. The summed E-state index contributed by atoms with van der Waals surface area (Å²) in [7, 11) is 0. The summed E-state index contributed by atoms with van der Waals surface area (Å²) in [6, 6.07) is 72.4. The molecule has 0 saturated carbocycles.